The number of nitrogens with two attached hydrogens (primary N) is 1. The van der Waals surface area contributed by atoms with E-state index < -0.39 is 15.9 Å². The van der Waals surface area contributed by atoms with Gasteiger partial charge in [-0.25, -0.2) is 13.6 Å². The number of carbonyl (C=O) groups excluding carboxylic acids is 1. The number of nitrogens with one attached hydrogen (secondary N) is 1. The second-order valence-electron chi connectivity index (χ2n) is 5.33. The quantitative estimate of drug-likeness (QED) is 0.845. The van der Waals surface area contributed by atoms with Gasteiger partial charge >= 0.3 is 0 Å². The Kier molecular flexibility index (Phi) is 4.68. The van der Waals surface area contributed by atoms with Gasteiger partial charge in [-0.05, 0) is 25.5 Å². The van der Waals surface area contributed by atoms with Crippen molar-refractivity contribution in [2.75, 3.05) is 5.32 Å². The third kappa shape index (κ3) is 3.85. The first-order chi connectivity index (χ1) is 10.7. The van der Waals surface area contributed by atoms with Crippen molar-refractivity contribution in [1.82, 2.24) is 0 Å². The minimum absolute atomic E-state index is 0.113. The fourth-order valence-electron chi connectivity index (χ4n) is 2.13. The van der Waals surface area contributed by atoms with Gasteiger partial charge in [-0.15, -0.1) is 0 Å². The molecule has 2 aromatic carbocycles. The molecule has 0 aliphatic heterocycles. The number of rotatable bonds is 4. The number of amides is 1. The number of sulfonamides is 1. The van der Waals surface area contributed by atoms with E-state index in [2.05, 4.69) is 11.9 Å². The molecule has 2 aromatic rings. The summed E-state index contributed by atoms with van der Waals surface area (Å²) in [5.74, 6) is -0.462. The van der Waals surface area contributed by atoms with Gasteiger partial charge in [0.25, 0.3) is 5.91 Å². The first kappa shape index (κ1) is 16.9. The fourth-order valence-corrected chi connectivity index (χ4v) is 3.05. The highest BCUT2D eigenvalue weighted by molar-refractivity contribution is 7.89. The Morgan fingerprint density at radius 3 is 2.26 bits per heavy atom. The number of benzene rings is 2. The lowest BCUT2D eigenvalue weighted by Crippen LogP contribution is -2.19. The number of hydrogen-bond acceptors (Lipinski definition) is 3. The first-order valence-corrected chi connectivity index (χ1v) is 8.44. The van der Waals surface area contributed by atoms with Crippen molar-refractivity contribution in [1.29, 1.82) is 0 Å². The Labute approximate surface area is 135 Å². The van der Waals surface area contributed by atoms with E-state index in [1.54, 1.807) is 12.1 Å². The maximum Gasteiger partial charge on any atom is 0.250 e. The van der Waals surface area contributed by atoms with Crippen LogP contribution in [0.25, 0.3) is 11.1 Å². The molecule has 0 aliphatic rings. The molecular formula is C17H18N2O3S. The summed E-state index contributed by atoms with van der Waals surface area (Å²) in [6.45, 7) is 7.02. The Balaban J connectivity index is 2.66. The average molecular weight is 330 g/mol. The van der Waals surface area contributed by atoms with E-state index in [9.17, 15) is 13.2 Å². The van der Waals surface area contributed by atoms with Crippen molar-refractivity contribution in [3.8, 4) is 11.1 Å². The predicted octanol–water partition coefficient (Wildman–Crippen LogP) is 2.82. The van der Waals surface area contributed by atoms with Crippen LogP contribution < -0.4 is 10.5 Å². The lowest BCUT2D eigenvalue weighted by Gasteiger charge is -2.14. The molecule has 0 fully saturated rings. The molecule has 2 rings (SSSR count). The molecule has 0 saturated heterocycles. The highest BCUT2D eigenvalue weighted by Crippen LogP contribution is 2.32. The van der Waals surface area contributed by atoms with Crippen molar-refractivity contribution in [3.63, 3.8) is 0 Å². The number of primary sulfonamides is 1. The molecule has 0 saturated carbocycles. The zero-order valence-corrected chi connectivity index (χ0v) is 13.8. The van der Waals surface area contributed by atoms with Gasteiger partial charge in [0.15, 0.2) is 0 Å². The van der Waals surface area contributed by atoms with Crippen molar-refractivity contribution < 1.29 is 13.2 Å². The predicted molar refractivity (Wildman–Crippen MR) is 91.4 cm³/mol. The lowest BCUT2D eigenvalue weighted by molar-refractivity contribution is -0.112. The van der Waals surface area contributed by atoms with Gasteiger partial charge in [0, 0.05) is 11.1 Å². The van der Waals surface area contributed by atoms with Gasteiger partial charge in [0.1, 0.15) is 4.90 Å². The normalized spacial score (nSPS) is 11.1. The number of aryl methyl sites for hydroxylation is 1. The molecule has 23 heavy (non-hydrogen) atoms. The second kappa shape index (κ2) is 6.36. The van der Waals surface area contributed by atoms with Crippen LogP contribution in [0, 0.1) is 6.92 Å². The number of anilines is 1. The number of hydrogen-bond donors (Lipinski definition) is 2. The van der Waals surface area contributed by atoms with Gasteiger partial charge in [0.05, 0.1) is 5.69 Å². The monoisotopic (exact) mass is 330 g/mol. The van der Waals surface area contributed by atoms with Gasteiger partial charge in [-0.1, -0.05) is 48.5 Å². The van der Waals surface area contributed by atoms with Crippen molar-refractivity contribution in [2.45, 2.75) is 18.7 Å². The van der Waals surface area contributed by atoms with Crippen LogP contribution in [-0.4, -0.2) is 14.3 Å². The standard InChI is InChI=1S/C17H18N2O3S/c1-11(2)17(20)19-15-6-4-5-14(16(15)23(18,21)22)13-9-7-12(3)8-10-13/h4-10H,1H2,2-3H3,(H,19,20)(H2,18,21,22). The maximum absolute atomic E-state index is 12.1. The minimum atomic E-state index is -4.04. The number of carbonyl (C=O) groups is 1. The maximum atomic E-state index is 12.1. The fraction of sp³-hybridized carbons (Fsp3) is 0.118. The minimum Gasteiger partial charge on any atom is -0.321 e. The zero-order valence-electron chi connectivity index (χ0n) is 13.0. The third-order valence-corrected chi connectivity index (χ3v) is 4.31. The van der Waals surface area contributed by atoms with Crippen LogP contribution in [0.3, 0.4) is 0 Å². The topological polar surface area (TPSA) is 89.3 Å². The van der Waals surface area contributed by atoms with E-state index >= 15 is 0 Å². The summed E-state index contributed by atoms with van der Waals surface area (Å²) in [7, 11) is -4.04. The summed E-state index contributed by atoms with van der Waals surface area (Å²) in [6, 6.07) is 12.2. The van der Waals surface area contributed by atoms with Crippen molar-refractivity contribution in [3.05, 3.63) is 60.2 Å². The Hall–Kier alpha value is -2.44. The summed E-state index contributed by atoms with van der Waals surface area (Å²) in [4.78, 5) is 11.7. The molecule has 5 nitrogen and oxygen atoms in total. The van der Waals surface area contributed by atoms with Crippen LogP contribution in [0.2, 0.25) is 0 Å². The van der Waals surface area contributed by atoms with Crippen LogP contribution in [-0.2, 0) is 14.8 Å². The molecule has 0 aromatic heterocycles. The SMILES string of the molecule is C=C(C)C(=O)Nc1cccc(-c2ccc(C)cc2)c1S(N)(=O)=O. The summed E-state index contributed by atoms with van der Waals surface area (Å²) in [5.41, 5.74) is 2.60. The van der Waals surface area contributed by atoms with E-state index in [1.165, 1.54) is 13.0 Å². The van der Waals surface area contributed by atoms with Crippen LogP contribution >= 0.6 is 0 Å². The molecule has 0 bridgehead atoms. The van der Waals surface area contributed by atoms with Crippen LogP contribution in [0.5, 0.6) is 0 Å². The van der Waals surface area contributed by atoms with Gasteiger partial charge in [-0.3, -0.25) is 4.79 Å². The van der Waals surface area contributed by atoms with Crippen LogP contribution in [0.4, 0.5) is 5.69 Å². The Morgan fingerprint density at radius 2 is 1.74 bits per heavy atom. The van der Waals surface area contributed by atoms with Gasteiger partial charge in [-0.2, -0.15) is 0 Å². The van der Waals surface area contributed by atoms with E-state index in [-0.39, 0.29) is 16.2 Å². The van der Waals surface area contributed by atoms with E-state index in [1.807, 2.05) is 31.2 Å². The van der Waals surface area contributed by atoms with E-state index in [0.717, 1.165) is 5.56 Å². The van der Waals surface area contributed by atoms with Gasteiger partial charge in [0.2, 0.25) is 10.0 Å². The molecule has 1 amide bonds. The molecular weight excluding hydrogens is 312 g/mol. The summed E-state index contributed by atoms with van der Waals surface area (Å²) < 4.78 is 24.1. The molecule has 120 valence electrons. The van der Waals surface area contributed by atoms with Crippen molar-refractivity contribution in [2.24, 2.45) is 5.14 Å². The Bertz CT molecular complexity index is 869. The molecule has 3 N–H and O–H groups in total. The highest BCUT2D eigenvalue weighted by Gasteiger charge is 2.21. The lowest BCUT2D eigenvalue weighted by atomic mass is 10.0. The summed E-state index contributed by atoms with van der Waals surface area (Å²) in [6.07, 6.45) is 0. The molecule has 6 heteroatoms. The van der Waals surface area contributed by atoms with Gasteiger partial charge < -0.3 is 5.32 Å². The Morgan fingerprint density at radius 1 is 1.13 bits per heavy atom. The average Bonchev–Trinajstić information content (AvgIpc) is 2.46. The molecule has 0 heterocycles. The van der Waals surface area contributed by atoms with Crippen LogP contribution in [0.15, 0.2) is 59.5 Å². The largest absolute Gasteiger partial charge is 0.321 e. The smallest absolute Gasteiger partial charge is 0.250 e. The zero-order chi connectivity index (χ0) is 17.2. The van der Waals surface area contributed by atoms with E-state index in [4.69, 9.17) is 5.14 Å². The van der Waals surface area contributed by atoms with Crippen molar-refractivity contribution >= 4 is 21.6 Å². The molecule has 0 spiro atoms. The molecule has 0 aliphatic carbocycles. The molecule has 0 unspecified atom stereocenters. The third-order valence-electron chi connectivity index (χ3n) is 3.30. The van der Waals surface area contributed by atoms with Crippen LogP contribution in [0.1, 0.15) is 12.5 Å². The first-order valence-electron chi connectivity index (χ1n) is 6.90. The summed E-state index contributed by atoms with van der Waals surface area (Å²) in [5, 5.41) is 7.92. The highest BCUT2D eigenvalue weighted by atomic mass is 32.2. The molecule has 0 atom stereocenters. The summed E-state index contributed by atoms with van der Waals surface area (Å²) >= 11 is 0. The van der Waals surface area contributed by atoms with E-state index in [0.29, 0.717) is 11.1 Å². The second-order valence-corrected chi connectivity index (χ2v) is 6.83. The molecule has 0 radical (unpaired) electrons.